The second-order valence-electron chi connectivity index (χ2n) is 5.86. The van der Waals surface area contributed by atoms with Crippen LogP contribution in [-0.4, -0.2) is 11.2 Å². The van der Waals surface area contributed by atoms with Crippen LogP contribution in [0.4, 0.5) is 0 Å². The quantitative estimate of drug-likeness (QED) is 0.856. The van der Waals surface area contributed by atoms with E-state index in [4.69, 9.17) is 0 Å². The molecule has 120 valence electrons. The van der Waals surface area contributed by atoms with E-state index in [0.29, 0.717) is 6.54 Å². The fourth-order valence-electron chi connectivity index (χ4n) is 2.66. The number of benzene rings is 2. The lowest BCUT2D eigenvalue weighted by molar-refractivity contribution is -0.120. The van der Waals surface area contributed by atoms with Gasteiger partial charge in [0.1, 0.15) is 0 Å². The first-order valence-electron chi connectivity index (χ1n) is 7.97. The van der Waals surface area contributed by atoms with Gasteiger partial charge >= 0.3 is 0 Å². The molecule has 0 aliphatic carbocycles. The van der Waals surface area contributed by atoms with Gasteiger partial charge in [-0.1, -0.05) is 48.5 Å². The Bertz CT molecular complexity index is 672. The third kappa shape index (κ3) is 4.36. The molecule has 1 aliphatic heterocycles. The minimum Gasteiger partial charge on any atom is -0.351 e. The molecule has 4 heteroatoms. The van der Waals surface area contributed by atoms with Crippen LogP contribution >= 0.6 is 11.8 Å². The summed E-state index contributed by atoms with van der Waals surface area (Å²) in [4.78, 5) is 12.2. The van der Waals surface area contributed by atoms with Crippen molar-refractivity contribution in [3.63, 3.8) is 0 Å². The molecule has 2 aromatic carbocycles. The van der Waals surface area contributed by atoms with Gasteiger partial charge in [-0.25, -0.2) is 0 Å². The second kappa shape index (κ2) is 7.66. The zero-order valence-electron chi connectivity index (χ0n) is 13.3. The Morgan fingerprint density at radius 3 is 2.74 bits per heavy atom. The number of amides is 1. The third-order valence-electron chi connectivity index (χ3n) is 4.08. The van der Waals surface area contributed by atoms with Gasteiger partial charge in [0.2, 0.25) is 5.91 Å². The van der Waals surface area contributed by atoms with E-state index in [2.05, 4.69) is 41.0 Å². The van der Waals surface area contributed by atoms with Crippen molar-refractivity contribution in [1.29, 1.82) is 0 Å². The molecule has 3 nitrogen and oxygen atoms in total. The largest absolute Gasteiger partial charge is 0.351 e. The maximum absolute atomic E-state index is 12.2. The molecule has 0 aromatic heterocycles. The highest BCUT2D eigenvalue weighted by Crippen LogP contribution is 2.19. The average Bonchev–Trinajstić information content (AvgIpc) is 3.06. The van der Waals surface area contributed by atoms with Gasteiger partial charge in [0.25, 0.3) is 0 Å². The molecule has 2 aromatic rings. The molecule has 1 amide bonds. The highest BCUT2D eigenvalue weighted by molar-refractivity contribution is 7.99. The van der Waals surface area contributed by atoms with Crippen LogP contribution in [0.15, 0.2) is 48.5 Å². The fourth-order valence-corrected chi connectivity index (χ4v) is 3.53. The summed E-state index contributed by atoms with van der Waals surface area (Å²) in [5.74, 6) is 0.962. The van der Waals surface area contributed by atoms with E-state index in [0.717, 1.165) is 18.8 Å². The number of hydrogen-bond donors (Lipinski definition) is 2. The van der Waals surface area contributed by atoms with E-state index >= 15 is 0 Å². The highest BCUT2D eigenvalue weighted by atomic mass is 32.2. The lowest BCUT2D eigenvalue weighted by Gasteiger charge is -2.12. The van der Waals surface area contributed by atoms with Crippen LogP contribution in [0.3, 0.4) is 0 Å². The molecule has 2 N–H and O–H groups in total. The van der Waals surface area contributed by atoms with Crippen LogP contribution in [0.25, 0.3) is 0 Å². The predicted octanol–water partition coefficient (Wildman–Crippen LogP) is 3.23. The number of hydrogen-bond acceptors (Lipinski definition) is 3. The Kier molecular flexibility index (Phi) is 5.36. The summed E-state index contributed by atoms with van der Waals surface area (Å²) in [6.45, 7) is 4.45. The molecule has 0 bridgehead atoms. The summed E-state index contributed by atoms with van der Waals surface area (Å²) in [5.41, 5.74) is 5.14. The maximum Gasteiger partial charge on any atom is 0.233 e. The van der Waals surface area contributed by atoms with Gasteiger partial charge in [0, 0.05) is 25.4 Å². The van der Waals surface area contributed by atoms with Crippen molar-refractivity contribution in [1.82, 2.24) is 10.6 Å². The van der Waals surface area contributed by atoms with E-state index in [9.17, 15) is 4.79 Å². The summed E-state index contributed by atoms with van der Waals surface area (Å²) in [6.07, 6.45) is 0. The summed E-state index contributed by atoms with van der Waals surface area (Å²) >= 11 is 1.67. The lowest BCUT2D eigenvalue weighted by Crippen LogP contribution is -2.30. The number of nitrogens with one attached hydrogen (secondary N) is 2. The first kappa shape index (κ1) is 16.1. The molecule has 23 heavy (non-hydrogen) atoms. The van der Waals surface area contributed by atoms with Crippen LogP contribution in [-0.2, 0) is 30.2 Å². The zero-order valence-corrected chi connectivity index (χ0v) is 14.2. The summed E-state index contributed by atoms with van der Waals surface area (Å²) in [7, 11) is 0. The van der Waals surface area contributed by atoms with Gasteiger partial charge < -0.3 is 10.6 Å². The van der Waals surface area contributed by atoms with Gasteiger partial charge in [-0.3, -0.25) is 4.79 Å². The van der Waals surface area contributed by atoms with Crippen molar-refractivity contribution >= 4 is 17.7 Å². The van der Waals surface area contributed by atoms with Crippen molar-refractivity contribution in [3.05, 3.63) is 70.8 Å². The zero-order chi connectivity index (χ0) is 16.1. The molecule has 0 saturated carbocycles. The number of carbonyl (C=O) groups excluding carboxylic acids is 1. The SMILES string of the molecule is CC(SCc1ccccc1)C(=O)NCc1ccc2c(c1)CNC2. The van der Waals surface area contributed by atoms with E-state index in [-0.39, 0.29) is 11.2 Å². The van der Waals surface area contributed by atoms with Gasteiger partial charge in [-0.2, -0.15) is 0 Å². The van der Waals surface area contributed by atoms with E-state index < -0.39 is 0 Å². The van der Waals surface area contributed by atoms with E-state index in [1.165, 1.54) is 22.3 Å². The molecule has 1 unspecified atom stereocenters. The van der Waals surface area contributed by atoms with E-state index in [1.54, 1.807) is 11.8 Å². The fraction of sp³-hybridized carbons (Fsp3) is 0.316. The Morgan fingerprint density at radius 1 is 1.13 bits per heavy atom. The van der Waals surface area contributed by atoms with Gasteiger partial charge in [0.15, 0.2) is 0 Å². The van der Waals surface area contributed by atoms with Crippen LogP contribution in [0, 0.1) is 0 Å². The molecular formula is C19H22N2OS. The molecule has 1 aliphatic rings. The molecule has 1 atom stereocenters. The first-order chi connectivity index (χ1) is 11.2. The topological polar surface area (TPSA) is 41.1 Å². The summed E-state index contributed by atoms with van der Waals surface area (Å²) < 4.78 is 0. The third-order valence-corrected chi connectivity index (χ3v) is 5.29. The van der Waals surface area contributed by atoms with Crippen LogP contribution < -0.4 is 10.6 Å². The minimum absolute atomic E-state index is 0.0497. The highest BCUT2D eigenvalue weighted by Gasteiger charge is 2.14. The number of fused-ring (bicyclic) bond motifs is 1. The van der Waals surface area contributed by atoms with Gasteiger partial charge in [0.05, 0.1) is 5.25 Å². The van der Waals surface area contributed by atoms with Crippen molar-refractivity contribution in [2.45, 2.75) is 37.6 Å². The van der Waals surface area contributed by atoms with Crippen molar-refractivity contribution in [2.75, 3.05) is 0 Å². The van der Waals surface area contributed by atoms with Gasteiger partial charge in [-0.15, -0.1) is 11.8 Å². The van der Waals surface area contributed by atoms with Crippen LogP contribution in [0.2, 0.25) is 0 Å². The molecule has 1 heterocycles. The van der Waals surface area contributed by atoms with Crippen LogP contribution in [0.1, 0.15) is 29.2 Å². The van der Waals surface area contributed by atoms with Crippen LogP contribution in [0.5, 0.6) is 0 Å². The molecule has 0 fully saturated rings. The number of carbonyl (C=O) groups is 1. The Labute approximate surface area is 141 Å². The smallest absolute Gasteiger partial charge is 0.233 e. The summed E-state index contributed by atoms with van der Waals surface area (Å²) in [5, 5.41) is 6.34. The summed E-state index contributed by atoms with van der Waals surface area (Å²) in [6, 6.07) is 16.7. The Morgan fingerprint density at radius 2 is 1.91 bits per heavy atom. The molecule has 0 radical (unpaired) electrons. The van der Waals surface area contributed by atoms with Crippen molar-refractivity contribution < 1.29 is 4.79 Å². The predicted molar refractivity (Wildman–Crippen MR) is 96.0 cm³/mol. The average molecular weight is 326 g/mol. The Balaban J connectivity index is 1.47. The Hall–Kier alpha value is -1.78. The van der Waals surface area contributed by atoms with Crippen molar-refractivity contribution in [3.8, 4) is 0 Å². The molecule has 3 rings (SSSR count). The first-order valence-corrected chi connectivity index (χ1v) is 9.02. The van der Waals surface area contributed by atoms with E-state index in [1.807, 2.05) is 25.1 Å². The monoisotopic (exact) mass is 326 g/mol. The molecular weight excluding hydrogens is 304 g/mol. The second-order valence-corrected chi connectivity index (χ2v) is 7.19. The standard InChI is InChI=1S/C19H22N2OS/c1-14(23-13-15-5-3-2-4-6-15)19(22)21-10-16-7-8-17-11-20-12-18(17)9-16/h2-9,14,20H,10-13H2,1H3,(H,21,22). The minimum atomic E-state index is -0.0497. The maximum atomic E-state index is 12.2. The normalized spacial score (nSPS) is 14.3. The molecule has 0 spiro atoms. The van der Waals surface area contributed by atoms with Gasteiger partial charge in [-0.05, 0) is 29.2 Å². The number of rotatable bonds is 6. The number of thioether (sulfide) groups is 1. The molecule has 0 saturated heterocycles. The van der Waals surface area contributed by atoms with Crippen molar-refractivity contribution in [2.24, 2.45) is 0 Å². The lowest BCUT2D eigenvalue weighted by atomic mass is 10.1.